The highest BCUT2D eigenvalue weighted by molar-refractivity contribution is 7.90. The highest BCUT2D eigenvalue weighted by atomic mass is 32.2. The number of nitrogens with zero attached hydrogens (tertiary/aromatic N) is 3. The maximum Gasteiger partial charge on any atom is 0.454 e. The molecule has 1 fully saturated rings. The molecular formula is C23H26BN5O6S. The van der Waals surface area contributed by atoms with Gasteiger partial charge in [0.25, 0.3) is 10.0 Å². The molecule has 1 unspecified atom stereocenters. The Labute approximate surface area is 209 Å². The highest BCUT2D eigenvalue weighted by Gasteiger charge is 2.28. The topological polar surface area (TPSA) is 145 Å². The van der Waals surface area contributed by atoms with Crippen LogP contribution in [0.1, 0.15) is 30.0 Å². The van der Waals surface area contributed by atoms with Crippen LogP contribution in [0.3, 0.4) is 0 Å². The van der Waals surface area contributed by atoms with E-state index in [9.17, 15) is 18.2 Å². The number of hydrogen-bond acceptors (Lipinski definition) is 8. The number of carbonyl (C=O) groups excluding carboxylic acids is 1. The second-order valence-corrected chi connectivity index (χ2v) is 10.4. The van der Waals surface area contributed by atoms with Crippen LogP contribution in [0.2, 0.25) is 6.32 Å². The van der Waals surface area contributed by atoms with E-state index in [2.05, 4.69) is 20.1 Å². The smallest absolute Gasteiger partial charge is 0.454 e. The lowest BCUT2D eigenvalue weighted by Gasteiger charge is -2.24. The number of methoxy groups -OCH3 is 1. The van der Waals surface area contributed by atoms with E-state index in [4.69, 9.17) is 9.39 Å². The van der Waals surface area contributed by atoms with Crippen LogP contribution in [0.25, 0.3) is 11.1 Å². The summed E-state index contributed by atoms with van der Waals surface area (Å²) < 4.78 is 39.8. The first-order valence-corrected chi connectivity index (χ1v) is 13.2. The van der Waals surface area contributed by atoms with Gasteiger partial charge in [-0.15, -0.1) is 0 Å². The molecule has 0 radical (unpaired) electrons. The van der Waals surface area contributed by atoms with E-state index in [1.807, 2.05) is 12.1 Å². The lowest BCUT2D eigenvalue weighted by atomic mass is 9.79. The van der Waals surface area contributed by atoms with Crippen molar-refractivity contribution < 1.29 is 27.6 Å². The van der Waals surface area contributed by atoms with Crippen LogP contribution in [-0.4, -0.2) is 55.1 Å². The number of ether oxygens (including phenoxy) is 1. The number of amides is 2. The van der Waals surface area contributed by atoms with Crippen molar-refractivity contribution in [2.45, 2.75) is 43.1 Å². The predicted molar refractivity (Wildman–Crippen MR) is 132 cm³/mol. The van der Waals surface area contributed by atoms with Gasteiger partial charge < -0.3 is 19.7 Å². The number of fused-ring (bicyclic) bond motifs is 1. The van der Waals surface area contributed by atoms with E-state index in [-0.39, 0.29) is 17.7 Å². The first-order valence-electron chi connectivity index (χ1n) is 11.7. The number of benzene rings is 1. The van der Waals surface area contributed by atoms with Crippen LogP contribution in [0.4, 0.5) is 10.5 Å². The molecule has 5 rings (SSSR count). The zero-order chi connectivity index (χ0) is 25.3. The maximum absolute atomic E-state index is 12.9. The number of pyridine rings is 1. The van der Waals surface area contributed by atoms with Crippen molar-refractivity contribution in [2.75, 3.05) is 19.0 Å². The molecule has 2 aliphatic rings. The van der Waals surface area contributed by atoms with E-state index in [0.29, 0.717) is 24.3 Å². The largest absolute Gasteiger partial charge is 0.481 e. The van der Waals surface area contributed by atoms with Gasteiger partial charge in [0.1, 0.15) is 0 Å². The zero-order valence-electron chi connectivity index (χ0n) is 19.7. The lowest BCUT2D eigenvalue weighted by molar-refractivity contribution is 0.172. The molecule has 1 saturated heterocycles. The Hall–Kier alpha value is -3.42. The molecule has 2 amide bonds. The number of aryl methyl sites for hydroxylation is 1. The fourth-order valence-electron chi connectivity index (χ4n) is 4.65. The monoisotopic (exact) mass is 511 g/mol. The number of hydrogen-bond donors (Lipinski definition) is 3. The molecule has 1 aliphatic carbocycles. The minimum absolute atomic E-state index is 0.196. The number of sulfonamides is 1. The summed E-state index contributed by atoms with van der Waals surface area (Å²) >= 11 is 0. The van der Waals surface area contributed by atoms with E-state index >= 15 is 0 Å². The second-order valence-electron chi connectivity index (χ2n) is 8.78. The summed E-state index contributed by atoms with van der Waals surface area (Å²) in [7, 11) is -3.52. The minimum Gasteiger partial charge on any atom is -0.481 e. The van der Waals surface area contributed by atoms with Crippen molar-refractivity contribution in [3.05, 3.63) is 53.9 Å². The normalized spacial score (nSPS) is 17.5. The molecule has 2 aromatic heterocycles. The first kappa shape index (κ1) is 24.3. The summed E-state index contributed by atoms with van der Waals surface area (Å²) in [6.45, 7) is 0.220. The van der Waals surface area contributed by atoms with Crippen molar-refractivity contribution >= 4 is 28.9 Å². The summed E-state index contributed by atoms with van der Waals surface area (Å²) in [6.07, 6.45) is 6.78. The fraction of sp³-hybridized carbons (Fsp3) is 0.348. The Kier molecular flexibility index (Phi) is 6.69. The summed E-state index contributed by atoms with van der Waals surface area (Å²) in [5, 5.41) is 16.1. The van der Waals surface area contributed by atoms with E-state index in [0.717, 1.165) is 41.5 Å². The molecule has 0 bridgehead atoms. The zero-order valence-corrected chi connectivity index (χ0v) is 20.5. The van der Waals surface area contributed by atoms with Crippen LogP contribution in [0.15, 0.2) is 47.8 Å². The Balaban J connectivity index is 1.37. The lowest BCUT2D eigenvalue weighted by Crippen LogP contribution is -2.35. The van der Waals surface area contributed by atoms with Crippen LogP contribution >= 0.6 is 0 Å². The van der Waals surface area contributed by atoms with Crippen molar-refractivity contribution in [2.24, 2.45) is 0 Å². The van der Waals surface area contributed by atoms with Crippen molar-refractivity contribution in [1.82, 2.24) is 19.5 Å². The molecule has 1 aliphatic heterocycles. The maximum atomic E-state index is 12.9. The van der Waals surface area contributed by atoms with Crippen LogP contribution < -0.4 is 14.8 Å². The Morgan fingerprint density at radius 3 is 2.92 bits per heavy atom. The van der Waals surface area contributed by atoms with Crippen molar-refractivity contribution in [3.8, 4) is 17.0 Å². The summed E-state index contributed by atoms with van der Waals surface area (Å²) in [5.74, 6) is 0.430. The van der Waals surface area contributed by atoms with Gasteiger partial charge in [-0.3, -0.25) is 4.68 Å². The predicted octanol–water partition coefficient (Wildman–Crippen LogP) is 2.39. The van der Waals surface area contributed by atoms with Gasteiger partial charge in [0.15, 0.2) is 5.03 Å². The standard InChI is InChI=1S/C23H26BN5O6S/c1-34-20-13-16(8-11-25-20)19-6-5-15-3-2-4-18(15)22(19)26-23(30)28-36(32,33)21-9-12-29(27-21)17-7-10-24(31)35-14-17/h5-6,8-9,11-13,17,31H,2-4,7,10,14H2,1H3,(H2,26,28,30). The molecule has 3 N–H and O–H groups in total. The number of anilines is 1. The highest BCUT2D eigenvalue weighted by Crippen LogP contribution is 2.38. The summed E-state index contributed by atoms with van der Waals surface area (Å²) in [5.41, 5.74) is 4.20. The van der Waals surface area contributed by atoms with E-state index in [1.165, 1.54) is 24.1 Å². The molecule has 1 atom stereocenters. The second kappa shape index (κ2) is 9.92. The number of aromatic nitrogens is 3. The number of carbonyl (C=O) groups is 1. The third-order valence-corrected chi connectivity index (χ3v) is 7.69. The Bertz CT molecular complexity index is 1390. The third-order valence-electron chi connectivity index (χ3n) is 6.46. The molecule has 36 heavy (non-hydrogen) atoms. The number of nitrogens with one attached hydrogen (secondary N) is 2. The molecule has 3 aromatic rings. The summed E-state index contributed by atoms with van der Waals surface area (Å²) in [6, 6.07) is 7.76. The Morgan fingerprint density at radius 1 is 1.28 bits per heavy atom. The van der Waals surface area contributed by atoms with Gasteiger partial charge >= 0.3 is 13.1 Å². The molecule has 3 heterocycles. The molecule has 188 valence electrons. The molecule has 13 heteroatoms. The average molecular weight is 511 g/mol. The van der Waals surface area contributed by atoms with E-state index in [1.54, 1.807) is 18.3 Å². The first-order chi connectivity index (χ1) is 17.3. The van der Waals surface area contributed by atoms with Crippen LogP contribution in [-0.2, 0) is 27.5 Å². The Morgan fingerprint density at radius 2 is 2.14 bits per heavy atom. The molecule has 11 nitrogen and oxygen atoms in total. The molecule has 0 spiro atoms. The van der Waals surface area contributed by atoms with Crippen molar-refractivity contribution in [3.63, 3.8) is 0 Å². The SMILES string of the molecule is COc1cc(-c2ccc3c(c2NC(=O)NS(=O)(=O)c2ccn(C4CCB(O)OC4)n2)CCC3)ccn1. The molecule has 1 aromatic carbocycles. The van der Waals surface area contributed by atoms with Crippen LogP contribution in [0, 0.1) is 0 Å². The third kappa shape index (κ3) is 4.94. The van der Waals surface area contributed by atoms with Gasteiger partial charge in [-0.1, -0.05) is 12.1 Å². The van der Waals surface area contributed by atoms with Crippen molar-refractivity contribution in [1.29, 1.82) is 0 Å². The van der Waals surface area contributed by atoms with Gasteiger partial charge in [0.05, 0.1) is 25.4 Å². The minimum atomic E-state index is -4.22. The van der Waals surface area contributed by atoms with Gasteiger partial charge in [-0.25, -0.2) is 14.5 Å². The van der Waals surface area contributed by atoms with Gasteiger partial charge in [-0.05, 0) is 60.8 Å². The molecular weight excluding hydrogens is 485 g/mol. The van der Waals surface area contributed by atoms with Crippen LogP contribution in [0.5, 0.6) is 5.88 Å². The number of rotatable bonds is 6. The van der Waals surface area contributed by atoms with Gasteiger partial charge in [-0.2, -0.15) is 13.5 Å². The van der Waals surface area contributed by atoms with Gasteiger partial charge in [0.2, 0.25) is 5.88 Å². The summed E-state index contributed by atoms with van der Waals surface area (Å²) in [4.78, 5) is 17.1. The fourth-order valence-corrected chi connectivity index (χ4v) is 5.49. The molecule has 0 saturated carbocycles. The van der Waals surface area contributed by atoms with Gasteiger partial charge in [0, 0.05) is 24.0 Å². The quantitative estimate of drug-likeness (QED) is 0.428. The average Bonchev–Trinajstić information content (AvgIpc) is 3.55. The number of urea groups is 1. The van der Waals surface area contributed by atoms with E-state index < -0.39 is 23.2 Å².